The molecular formula is C13H15ClN2O2. The molecule has 0 radical (unpaired) electrons. The second-order valence-electron chi connectivity index (χ2n) is 4.99. The number of halogens is 1. The van der Waals surface area contributed by atoms with E-state index in [0.717, 1.165) is 10.9 Å². The summed E-state index contributed by atoms with van der Waals surface area (Å²) in [4.78, 5) is 14.7. The van der Waals surface area contributed by atoms with Crippen LogP contribution in [0.25, 0.3) is 10.9 Å². The Morgan fingerprint density at radius 3 is 2.72 bits per heavy atom. The third-order valence-electron chi connectivity index (χ3n) is 2.31. The number of anilines is 1. The van der Waals surface area contributed by atoms with Crippen molar-refractivity contribution >= 4 is 34.3 Å². The maximum absolute atomic E-state index is 11.7. The number of aromatic nitrogens is 1. The van der Waals surface area contributed by atoms with E-state index in [1.165, 1.54) is 0 Å². The summed E-state index contributed by atoms with van der Waals surface area (Å²) in [5.41, 5.74) is 0.910. The van der Waals surface area contributed by atoms with Gasteiger partial charge in [-0.25, -0.2) is 4.79 Å². The highest BCUT2D eigenvalue weighted by atomic mass is 35.5. The molecule has 2 aromatic rings. The van der Waals surface area contributed by atoms with Crippen LogP contribution in [0.1, 0.15) is 20.8 Å². The zero-order valence-corrected chi connectivity index (χ0v) is 11.3. The highest BCUT2D eigenvalue weighted by molar-refractivity contribution is 6.36. The van der Waals surface area contributed by atoms with E-state index in [0.29, 0.717) is 10.7 Å². The number of aromatic amines is 1. The number of amides is 1. The third kappa shape index (κ3) is 2.76. The highest BCUT2D eigenvalue weighted by Crippen LogP contribution is 2.29. The number of hydrogen-bond donors (Lipinski definition) is 2. The number of H-pyrrole nitrogens is 1. The summed E-state index contributed by atoms with van der Waals surface area (Å²) >= 11 is 6.05. The number of carbonyl (C=O) groups is 1. The normalized spacial score (nSPS) is 11.6. The Balaban J connectivity index is 2.25. The van der Waals surface area contributed by atoms with E-state index in [2.05, 4.69) is 10.3 Å². The minimum absolute atomic E-state index is 0.485. The van der Waals surface area contributed by atoms with E-state index in [-0.39, 0.29) is 0 Å². The van der Waals surface area contributed by atoms with E-state index in [4.69, 9.17) is 16.3 Å². The number of rotatable bonds is 1. The number of carbonyl (C=O) groups excluding carboxylic acids is 1. The van der Waals surface area contributed by atoms with Gasteiger partial charge in [0.05, 0.1) is 16.2 Å². The van der Waals surface area contributed by atoms with Crippen LogP contribution in [0.15, 0.2) is 24.4 Å². The molecule has 1 amide bonds. The van der Waals surface area contributed by atoms with E-state index < -0.39 is 11.7 Å². The first-order valence-electron chi connectivity index (χ1n) is 5.62. The van der Waals surface area contributed by atoms with Crippen LogP contribution in [0, 0.1) is 0 Å². The molecule has 0 spiro atoms. The van der Waals surface area contributed by atoms with Crippen LogP contribution >= 0.6 is 11.6 Å². The molecule has 0 aliphatic rings. The molecule has 0 saturated carbocycles. The average Bonchev–Trinajstić information content (AvgIpc) is 2.69. The molecule has 96 valence electrons. The van der Waals surface area contributed by atoms with E-state index >= 15 is 0 Å². The molecule has 4 nitrogen and oxygen atoms in total. The Labute approximate surface area is 110 Å². The number of nitrogens with one attached hydrogen (secondary N) is 2. The van der Waals surface area contributed by atoms with Gasteiger partial charge in [-0.3, -0.25) is 5.32 Å². The van der Waals surface area contributed by atoms with Gasteiger partial charge >= 0.3 is 6.09 Å². The zero-order valence-electron chi connectivity index (χ0n) is 10.5. The van der Waals surface area contributed by atoms with Gasteiger partial charge in [-0.2, -0.15) is 0 Å². The van der Waals surface area contributed by atoms with Crippen molar-refractivity contribution in [3.05, 3.63) is 29.4 Å². The molecule has 18 heavy (non-hydrogen) atoms. The summed E-state index contributed by atoms with van der Waals surface area (Å²) in [6.07, 6.45) is 1.29. The summed E-state index contributed by atoms with van der Waals surface area (Å²) < 4.78 is 5.20. The maximum Gasteiger partial charge on any atom is 0.412 e. The lowest BCUT2D eigenvalue weighted by molar-refractivity contribution is 0.0636. The number of hydrogen-bond acceptors (Lipinski definition) is 2. The fourth-order valence-corrected chi connectivity index (χ4v) is 1.86. The average molecular weight is 267 g/mol. The molecule has 0 unspecified atom stereocenters. The van der Waals surface area contributed by atoms with Gasteiger partial charge < -0.3 is 9.72 Å². The maximum atomic E-state index is 11.7. The standard InChI is InChI=1S/C13H15ClN2O2/c1-13(2,3)18-12(17)16-10-5-4-9(14)8-6-7-15-11(8)10/h4-7,15H,1-3H3,(H,16,17). The van der Waals surface area contributed by atoms with Crippen molar-refractivity contribution in [1.82, 2.24) is 4.98 Å². The third-order valence-corrected chi connectivity index (χ3v) is 2.64. The summed E-state index contributed by atoms with van der Waals surface area (Å²) in [6, 6.07) is 5.34. The molecule has 0 atom stereocenters. The molecule has 1 aromatic carbocycles. The Morgan fingerprint density at radius 2 is 2.06 bits per heavy atom. The van der Waals surface area contributed by atoms with Gasteiger partial charge in [-0.1, -0.05) is 11.6 Å². The van der Waals surface area contributed by atoms with Crippen LogP contribution in [0.3, 0.4) is 0 Å². The first-order chi connectivity index (χ1) is 8.37. The van der Waals surface area contributed by atoms with Gasteiger partial charge in [0.25, 0.3) is 0 Å². The molecule has 2 N–H and O–H groups in total. The van der Waals surface area contributed by atoms with E-state index in [1.807, 2.05) is 26.8 Å². The van der Waals surface area contributed by atoms with Crippen molar-refractivity contribution in [3.8, 4) is 0 Å². The molecule has 0 aliphatic heterocycles. The smallest absolute Gasteiger partial charge is 0.412 e. The molecule has 0 aliphatic carbocycles. The summed E-state index contributed by atoms with van der Waals surface area (Å²) in [7, 11) is 0. The van der Waals surface area contributed by atoms with Crippen molar-refractivity contribution < 1.29 is 9.53 Å². The van der Waals surface area contributed by atoms with Gasteiger partial charge in [0.15, 0.2) is 0 Å². The van der Waals surface area contributed by atoms with Gasteiger partial charge in [0, 0.05) is 11.6 Å². The Bertz CT molecular complexity index is 584. The molecule has 0 fully saturated rings. The van der Waals surface area contributed by atoms with Gasteiger partial charge in [0.1, 0.15) is 5.60 Å². The van der Waals surface area contributed by atoms with Crippen LogP contribution in [0.4, 0.5) is 10.5 Å². The second-order valence-corrected chi connectivity index (χ2v) is 5.40. The van der Waals surface area contributed by atoms with Crippen molar-refractivity contribution in [2.45, 2.75) is 26.4 Å². The van der Waals surface area contributed by atoms with Crippen LogP contribution < -0.4 is 5.32 Å². The lowest BCUT2D eigenvalue weighted by Crippen LogP contribution is -2.27. The highest BCUT2D eigenvalue weighted by Gasteiger charge is 2.17. The van der Waals surface area contributed by atoms with E-state index in [9.17, 15) is 4.79 Å². The summed E-state index contributed by atoms with van der Waals surface area (Å²) in [5, 5.41) is 4.21. The Morgan fingerprint density at radius 1 is 1.33 bits per heavy atom. The fraction of sp³-hybridized carbons (Fsp3) is 0.308. The van der Waals surface area contributed by atoms with Crippen LogP contribution in [0.5, 0.6) is 0 Å². The molecule has 1 aromatic heterocycles. The van der Waals surface area contributed by atoms with Gasteiger partial charge in [0.2, 0.25) is 0 Å². The van der Waals surface area contributed by atoms with Crippen molar-refractivity contribution in [3.63, 3.8) is 0 Å². The largest absolute Gasteiger partial charge is 0.444 e. The number of ether oxygens (including phenoxy) is 1. The van der Waals surface area contributed by atoms with Gasteiger partial charge in [-0.15, -0.1) is 0 Å². The van der Waals surface area contributed by atoms with Crippen LogP contribution in [-0.4, -0.2) is 16.7 Å². The number of benzene rings is 1. The number of fused-ring (bicyclic) bond motifs is 1. The van der Waals surface area contributed by atoms with Crippen molar-refractivity contribution in [1.29, 1.82) is 0 Å². The summed E-state index contributed by atoms with van der Waals surface area (Å²) in [6.45, 7) is 5.45. The predicted molar refractivity (Wildman–Crippen MR) is 73.2 cm³/mol. The monoisotopic (exact) mass is 266 g/mol. The van der Waals surface area contributed by atoms with Crippen LogP contribution in [0.2, 0.25) is 5.02 Å². The first kappa shape index (κ1) is 12.8. The quantitative estimate of drug-likeness (QED) is 0.814. The zero-order chi connectivity index (χ0) is 13.3. The minimum Gasteiger partial charge on any atom is -0.444 e. The lowest BCUT2D eigenvalue weighted by Gasteiger charge is -2.19. The lowest BCUT2D eigenvalue weighted by atomic mass is 10.2. The molecule has 2 rings (SSSR count). The molecule has 5 heteroatoms. The van der Waals surface area contributed by atoms with Crippen molar-refractivity contribution in [2.75, 3.05) is 5.32 Å². The topological polar surface area (TPSA) is 54.1 Å². The molecule has 0 saturated heterocycles. The summed E-state index contributed by atoms with van der Waals surface area (Å²) in [5.74, 6) is 0. The van der Waals surface area contributed by atoms with E-state index in [1.54, 1.807) is 18.3 Å². The predicted octanol–water partition coefficient (Wildman–Crippen LogP) is 4.17. The Kier molecular flexibility index (Phi) is 3.22. The van der Waals surface area contributed by atoms with Crippen molar-refractivity contribution in [2.24, 2.45) is 0 Å². The molecule has 1 heterocycles. The minimum atomic E-state index is -0.522. The molecule has 0 bridgehead atoms. The first-order valence-corrected chi connectivity index (χ1v) is 6.00. The second kappa shape index (κ2) is 4.53. The van der Waals surface area contributed by atoms with Gasteiger partial charge in [-0.05, 0) is 39.0 Å². The van der Waals surface area contributed by atoms with Crippen LogP contribution in [-0.2, 0) is 4.74 Å². The fourth-order valence-electron chi connectivity index (χ4n) is 1.64. The molecular weight excluding hydrogens is 252 g/mol. The Hall–Kier alpha value is -1.68. The SMILES string of the molecule is CC(C)(C)OC(=O)Nc1ccc(Cl)c2cc[nH]c12.